The monoisotopic (exact) mass is 355 g/mol. The van der Waals surface area contributed by atoms with Gasteiger partial charge in [-0.1, -0.05) is 11.6 Å². The SMILES string of the molecule is O=C(Cn1cc(-c2cnc3ccc(Cl)nc3c2)cn1)N1CCCCC1. The number of amides is 1. The number of rotatable bonds is 3. The zero-order valence-electron chi connectivity index (χ0n) is 13.7. The molecule has 25 heavy (non-hydrogen) atoms. The third kappa shape index (κ3) is 3.49. The topological polar surface area (TPSA) is 63.9 Å². The maximum Gasteiger partial charge on any atom is 0.244 e. The van der Waals surface area contributed by atoms with Gasteiger partial charge in [0.25, 0.3) is 0 Å². The van der Waals surface area contributed by atoms with Gasteiger partial charge >= 0.3 is 0 Å². The van der Waals surface area contributed by atoms with Crippen LogP contribution in [0.2, 0.25) is 5.15 Å². The van der Waals surface area contributed by atoms with Crippen LogP contribution in [-0.4, -0.2) is 43.6 Å². The average Bonchev–Trinajstić information content (AvgIpc) is 3.10. The molecule has 6 nitrogen and oxygen atoms in total. The number of piperidine rings is 1. The maximum atomic E-state index is 12.4. The van der Waals surface area contributed by atoms with Gasteiger partial charge in [0.1, 0.15) is 11.7 Å². The van der Waals surface area contributed by atoms with Crippen LogP contribution in [0.4, 0.5) is 0 Å². The van der Waals surface area contributed by atoms with Crippen LogP contribution in [0.5, 0.6) is 0 Å². The van der Waals surface area contributed by atoms with Crippen molar-refractivity contribution in [1.29, 1.82) is 0 Å². The fourth-order valence-corrected chi connectivity index (χ4v) is 3.27. The highest BCUT2D eigenvalue weighted by Crippen LogP contribution is 2.22. The predicted octanol–water partition coefficient (Wildman–Crippen LogP) is 3.16. The number of hydrogen-bond acceptors (Lipinski definition) is 4. The van der Waals surface area contributed by atoms with Crippen LogP contribution >= 0.6 is 11.6 Å². The molecule has 4 rings (SSSR count). The Hall–Kier alpha value is -2.47. The highest BCUT2D eigenvalue weighted by molar-refractivity contribution is 6.29. The Morgan fingerprint density at radius 1 is 1.08 bits per heavy atom. The number of aromatic nitrogens is 4. The van der Waals surface area contributed by atoms with Gasteiger partial charge < -0.3 is 4.90 Å². The summed E-state index contributed by atoms with van der Waals surface area (Å²) in [5, 5.41) is 4.76. The zero-order valence-corrected chi connectivity index (χ0v) is 14.5. The second kappa shape index (κ2) is 6.80. The molecule has 0 radical (unpaired) electrons. The molecule has 3 aromatic heterocycles. The highest BCUT2D eigenvalue weighted by atomic mass is 35.5. The van der Waals surface area contributed by atoms with Crippen molar-refractivity contribution >= 4 is 28.5 Å². The Morgan fingerprint density at radius 3 is 2.76 bits per heavy atom. The van der Waals surface area contributed by atoms with Gasteiger partial charge in [0, 0.05) is 36.6 Å². The molecule has 0 saturated carbocycles. The first-order valence-electron chi connectivity index (χ1n) is 8.42. The van der Waals surface area contributed by atoms with Crippen LogP contribution in [0.3, 0.4) is 0 Å². The Bertz CT molecular complexity index is 917. The van der Waals surface area contributed by atoms with Crippen LogP contribution in [0.25, 0.3) is 22.2 Å². The molecule has 1 amide bonds. The summed E-state index contributed by atoms with van der Waals surface area (Å²) in [5.74, 6) is 0.124. The Kier molecular flexibility index (Phi) is 4.36. The highest BCUT2D eigenvalue weighted by Gasteiger charge is 2.17. The van der Waals surface area contributed by atoms with Gasteiger partial charge in [-0.3, -0.25) is 14.5 Å². The van der Waals surface area contributed by atoms with Crippen LogP contribution in [0.1, 0.15) is 19.3 Å². The smallest absolute Gasteiger partial charge is 0.244 e. The first kappa shape index (κ1) is 16.0. The molecule has 0 atom stereocenters. The summed E-state index contributed by atoms with van der Waals surface area (Å²) in [6, 6.07) is 5.50. The van der Waals surface area contributed by atoms with Crippen LogP contribution in [0, 0.1) is 0 Å². The van der Waals surface area contributed by atoms with Crippen LogP contribution in [0.15, 0.2) is 36.8 Å². The summed E-state index contributed by atoms with van der Waals surface area (Å²) in [6.45, 7) is 1.98. The van der Waals surface area contributed by atoms with Gasteiger partial charge in [0.15, 0.2) is 0 Å². The minimum absolute atomic E-state index is 0.124. The summed E-state index contributed by atoms with van der Waals surface area (Å²) in [6.07, 6.45) is 8.80. The van der Waals surface area contributed by atoms with Crippen molar-refractivity contribution in [2.45, 2.75) is 25.8 Å². The summed E-state index contributed by atoms with van der Waals surface area (Å²) in [4.78, 5) is 23.0. The van der Waals surface area contributed by atoms with E-state index in [1.165, 1.54) is 6.42 Å². The van der Waals surface area contributed by atoms with Gasteiger partial charge in [-0.05, 0) is 37.5 Å². The average molecular weight is 356 g/mol. The normalized spacial score (nSPS) is 14.8. The molecular weight excluding hydrogens is 338 g/mol. The molecule has 0 bridgehead atoms. The first-order valence-corrected chi connectivity index (χ1v) is 8.80. The number of fused-ring (bicyclic) bond motifs is 1. The van der Waals surface area contributed by atoms with E-state index in [9.17, 15) is 4.79 Å². The minimum Gasteiger partial charge on any atom is -0.341 e. The first-order chi connectivity index (χ1) is 12.2. The van der Waals surface area contributed by atoms with E-state index in [1.54, 1.807) is 23.1 Å². The van der Waals surface area contributed by atoms with Crippen molar-refractivity contribution < 1.29 is 4.79 Å². The fraction of sp³-hybridized carbons (Fsp3) is 0.333. The third-order valence-electron chi connectivity index (χ3n) is 4.48. The van der Waals surface area contributed by atoms with Crippen LogP contribution < -0.4 is 0 Å². The lowest BCUT2D eigenvalue weighted by Crippen LogP contribution is -2.37. The van der Waals surface area contributed by atoms with Gasteiger partial charge in [0.05, 0.1) is 17.2 Å². The van der Waals surface area contributed by atoms with E-state index in [1.807, 2.05) is 23.2 Å². The second-order valence-corrected chi connectivity index (χ2v) is 6.65. The van der Waals surface area contributed by atoms with Gasteiger partial charge in [-0.15, -0.1) is 0 Å². The number of nitrogens with zero attached hydrogens (tertiary/aromatic N) is 5. The van der Waals surface area contributed by atoms with E-state index in [0.717, 1.165) is 48.1 Å². The number of carbonyl (C=O) groups is 1. The molecule has 0 aromatic carbocycles. The molecule has 3 aromatic rings. The van der Waals surface area contributed by atoms with Gasteiger partial charge in [-0.2, -0.15) is 5.10 Å². The molecule has 0 N–H and O–H groups in total. The fourth-order valence-electron chi connectivity index (χ4n) is 3.12. The van der Waals surface area contributed by atoms with E-state index in [2.05, 4.69) is 15.1 Å². The summed E-state index contributed by atoms with van der Waals surface area (Å²) >= 11 is 5.95. The number of carbonyl (C=O) groups excluding carboxylic acids is 1. The number of pyridine rings is 2. The number of hydrogen-bond donors (Lipinski definition) is 0. The summed E-state index contributed by atoms with van der Waals surface area (Å²) < 4.78 is 1.68. The van der Waals surface area contributed by atoms with E-state index < -0.39 is 0 Å². The van der Waals surface area contributed by atoms with Crippen molar-refractivity contribution in [3.63, 3.8) is 0 Å². The van der Waals surface area contributed by atoms with Gasteiger partial charge in [0.2, 0.25) is 5.91 Å². The molecule has 1 aliphatic rings. The van der Waals surface area contributed by atoms with E-state index >= 15 is 0 Å². The molecule has 7 heteroatoms. The van der Waals surface area contributed by atoms with Crippen molar-refractivity contribution in [1.82, 2.24) is 24.6 Å². The summed E-state index contributed by atoms with van der Waals surface area (Å²) in [5.41, 5.74) is 3.34. The lowest BCUT2D eigenvalue weighted by Gasteiger charge is -2.26. The quantitative estimate of drug-likeness (QED) is 0.677. The molecule has 0 spiro atoms. The lowest BCUT2D eigenvalue weighted by atomic mass is 10.1. The maximum absolute atomic E-state index is 12.4. The third-order valence-corrected chi connectivity index (χ3v) is 4.69. The van der Waals surface area contributed by atoms with Crippen molar-refractivity contribution in [3.8, 4) is 11.1 Å². The molecule has 0 aliphatic carbocycles. The second-order valence-electron chi connectivity index (χ2n) is 6.26. The molecule has 128 valence electrons. The van der Waals surface area contributed by atoms with E-state index in [4.69, 9.17) is 11.6 Å². The largest absolute Gasteiger partial charge is 0.341 e. The lowest BCUT2D eigenvalue weighted by molar-refractivity contribution is -0.132. The molecule has 4 heterocycles. The standard InChI is InChI=1S/C18H18ClN5O/c19-17-5-4-15-16(22-17)8-13(9-20-15)14-10-21-24(11-14)12-18(25)23-6-2-1-3-7-23/h4-5,8-11H,1-3,6-7,12H2. The Balaban J connectivity index is 1.53. The van der Waals surface area contributed by atoms with Gasteiger partial charge in [-0.25, -0.2) is 4.98 Å². The Morgan fingerprint density at radius 2 is 1.92 bits per heavy atom. The number of likely N-dealkylation sites (tertiary alicyclic amines) is 1. The predicted molar refractivity (Wildman–Crippen MR) is 96.2 cm³/mol. The Labute approximate surface area is 150 Å². The summed E-state index contributed by atoms with van der Waals surface area (Å²) in [7, 11) is 0. The van der Waals surface area contributed by atoms with E-state index in [0.29, 0.717) is 5.15 Å². The molecule has 1 aliphatic heterocycles. The zero-order chi connectivity index (χ0) is 17.2. The van der Waals surface area contributed by atoms with Crippen molar-refractivity contribution in [2.75, 3.05) is 13.1 Å². The molecule has 1 saturated heterocycles. The number of halogens is 1. The van der Waals surface area contributed by atoms with Crippen molar-refractivity contribution in [2.24, 2.45) is 0 Å². The minimum atomic E-state index is 0.124. The van der Waals surface area contributed by atoms with Crippen LogP contribution in [-0.2, 0) is 11.3 Å². The molecular formula is C18H18ClN5O. The van der Waals surface area contributed by atoms with E-state index in [-0.39, 0.29) is 12.5 Å². The van der Waals surface area contributed by atoms with Crippen molar-refractivity contribution in [3.05, 3.63) is 41.9 Å². The molecule has 0 unspecified atom stereocenters. The molecule has 1 fully saturated rings.